The Morgan fingerprint density at radius 1 is 0.697 bits per heavy atom. The van der Waals surface area contributed by atoms with E-state index in [0.29, 0.717) is 20.6 Å². The van der Waals surface area contributed by atoms with Crippen LogP contribution in [0.1, 0.15) is 122 Å². The van der Waals surface area contributed by atoms with Gasteiger partial charge >= 0.3 is 75.0 Å². The van der Waals surface area contributed by atoms with Gasteiger partial charge in [-0.25, -0.2) is 0 Å². The Kier molecular flexibility index (Phi) is 16.4. The predicted molar refractivity (Wildman–Crippen MR) is 157 cm³/mol. The average molecular weight is 698 g/mol. The molecular weight excluding hydrogens is 640 g/mol. The maximum atomic E-state index is 5.86. The predicted octanol–water partition coefficient (Wildman–Crippen LogP) is 10.2. The number of allylic oxidation sites excluding steroid dienone is 2. The van der Waals surface area contributed by atoms with E-state index in [9.17, 15) is 0 Å². The molecule has 1 aliphatic carbocycles. The van der Waals surface area contributed by atoms with Crippen LogP contribution in [0, 0.1) is 0 Å². The molecule has 5 heteroatoms. The Bertz CT molecular complexity index is 488. The number of halogens is 1. The fraction of sp³-hybridized carbons (Fsp3) is 0.929. The molecule has 1 nitrogen and oxygen atoms in total. The molecule has 0 aliphatic heterocycles. The number of hydrogen-bond acceptors (Lipinski definition) is 1. The van der Waals surface area contributed by atoms with Crippen molar-refractivity contribution in [2.75, 3.05) is 25.4 Å². The van der Waals surface area contributed by atoms with Crippen molar-refractivity contribution in [2.45, 2.75) is 142 Å². The molecule has 1 aliphatic rings. The first-order chi connectivity index (χ1) is 14.9. The van der Waals surface area contributed by atoms with E-state index in [1.807, 2.05) is 0 Å². The molecule has 0 aromatic carbocycles. The zero-order chi connectivity index (χ0) is 25.9. The molecule has 0 amide bonds. The molecule has 0 saturated heterocycles. The topological polar surface area (TPSA) is 12.0 Å². The van der Waals surface area contributed by atoms with Gasteiger partial charge in [-0.1, -0.05) is 98.9 Å². The van der Waals surface area contributed by atoms with Gasteiger partial charge in [0.05, 0.1) is 0 Å². The summed E-state index contributed by atoms with van der Waals surface area (Å²) in [6.07, 6.45) is 13.2. The second-order valence-corrected chi connectivity index (χ2v) is 24.4. The van der Waals surface area contributed by atoms with E-state index in [4.69, 9.17) is 9.58 Å². The average Bonchev–Trinajstić information content (AvgIpc) is 2.56. The molecule has 0 aromatic rings. The van der Waals surface area contributed by atoms with Gasteiger partial charge in [0.1, 0.15) is 0 Å². The fourth-order valence-electron chi connectivity index (χ4n) is 5.06. The van der Waals surface area contributed by atoms with Crippen LogP contribution in [-0.4, -0.2) is 46.0 Å². The van der Waals surface area contributed by atoms with Crippen LogP contribution in [0.15, 0.2) is 10.2 Å². The van der Waals surface area contributed by atoms with E-state index in [1.165, 1.54) is 63.9 Å². The number of rotatable bonds is 7. The van der Waals surface area contributed by atoms with Crippen LogP contribution in [0.3, 0.4) is 0 Å². The standard InChI is InChI=1S/C20H45NP2.C8H13.ClH.Ir/c1-17(2,3)22(18(4,5)6)15-13-21-14-16-23(19(7,8)9)20(10,11)12;1-2-4-6-8-7-5-3-1;;/h21H,13-16H2,1-12H3;1H,2,4-8H2;1H;/q;;;+1/p-1. The summed E-state index contributed by atoms with van der Waals surface area (Å²) in [5.74, 6) is 0. The van der Waals surface area contributed by atoms with Crippen LogP contribution in [-0.2, 0) is 16.7 Å². The van der Waals surface area contributed by atoms with Gasteiger partial charge in [-0.05, 0) is 46.0 Å². The molecule has 0 spiro atoms. The van der Waals surface area contributed by atoms with Gasteiger partial charge < -0.3 is 5.32 Å². The van der Waals surface area contributed by atoms with E-state index >= 15 is 0 Å². The van der Waals surface area contributed by atoms with Crippen molar-refractivity contribution in [1.29, 1.82) is 0 Å². The first-order valence-corrected chi connectivity index (χ1v) is 20.3. The van der Waals surface area contributed by atoms with Crippen molar-refractivity contribution < 1.29 is 16.7 Å². The second kappa shape index (κ2) is 15.7. The molecule has 0 heterocycles. The first kappa shape index (κ1) is 34.5. The van der Waals surface area contributed by atoms with Crippen LogP contribution in [0.4, 0.5) is 0 Å². The van der Waals surface area contributed by atoms with Crippen molar-refractivity contribution in [3.63, 3.8) is 0 Å². The van der Waals surface area contributed by atoms with Crippen LogP contribution in [0.2, 0.25) is 0 Å². The molecule has 0 aromatic heterocycles. The molecule has 1 N–H and O–H groups in total. The molecule has 0 bridgehead atoms. The molecule has 201 valence electrons. The molecule has 1 rings (SSSR count). The van der Waals surface area contributed by atoms with Gasteiger partial charge in [-0.3, -0.25) is 0 Å². The molecular formula is C28H58ClIrNP2. The van der Waals surface area contributed by atoms with Crippen molar-refractivity contribution >= 4 is 25.4 Å². The van der Waals surface area contributed by atoms with Crippen LogP contribution < -0.4 is 5.32 Å². The molecule has 0 unspecified atom stereocenters. The van der Waals surface area contributed by atoms with Crippen molar-refractivity contribution in [2.24, 2.45) is 0 Å². The number of nitrogens with one attached hydrogen (secondary N) is 1. The van der Waals surface area contributed by atoms with E-state index < -0.39 is 0 Å². The third kappa shape index (κ3) is 16.1. The van der Waals surface area contributed by atoms with Gasteiger partial charge in [-0.2, -0.15) is 0 Å². The summed E-state index contributed by atoms with van der Waals surface area (Å²) < 4.78 is 1.58. The van der Waals surface area contributed by atoms with E-state index in [2.05, 4.69) is 94.5 Å². The summed E-state index contributed by atoms with van der Waals surface area (Å²) >= 11 is -0.228. The monoisotopic (exact) mass is 698 g/mol. The van der Waals surface area contributed by atoms with Crippen molar-refractivity contribution in [1.82, 2.24) is 5.32 Å². The maximum absolute atomic E-state index is 5.86. The Hall–Kier alpha value is 1.50. The first-order valence-electron chi connectivity index (χ1n) is 13.1. The van der Waals surface area contributed by atoms with E-state index in [0.717, 1.165) is 0 Å². The minimum absolute atomic E-state index is 0.0229. The normalized spacial score (nSPS) is 18.5. The number of hydrogen-bond donors (Lipinski definition) is 1. The van der Waals surface area contributed by atoms with E-state index in [-0.39, 0.29) is 32.5 Å². The summed E-state index contributed by atoms with van der Waals surface area (Å²) in [5.41, 5.74) is 0. The van der Waals surface area contributed by atoms with Crippen molar-refractivity contribution in [3.05, 3.63) is 10.2 Å². The van der Waals surface area contributed by atoms with E-state index in [1.54, 1.807) is 4.09 Å². The molecule has 0 fully saturated rings. The summed E-state index contributed by atoms with van der Waals surface area (Å²) in [5, 5.41) is 5.54. The summed E-state index contributed by atoms with van der Waals surface area (Å²) in [6.45, 7) is 31.4. The third-order valence-electron chi connectivity index (χ3n) is 6.06. The molecule has 0 radical (unpaired) electrons. The van der Waals surface area contributed by atoms with Crippen molar-refractivity contribution in [3.8, 4) is 0 Å². The third-order valence-corrected chi connectivity index (χ3v) is 16.9. The minimum atomic E-state index is -0.228. The second-order valence-electron chi connectivity index (χ2n) is 13.4. The van der Waals surface area contributed by atoms with Gasteiger partial charge in [0.15, 0.2) is 0 Å². The van der Waals surface area contributed by atoms with Crippen LogP contribution >= 0.6 is 25.4 Å². The fourth-order valence-corrected chi connectivity index (χ4v) is 14.6. The van der Waals surface area contributed by atoms with Gasteiger partial charge in [-0.15, -0.1) is 0 Å². The van der Waals surface area contributed by atoms with Gasteiger partial charge in [0, 0.05) is 0 Å². The summed E-state index contributed by atoms with van der Waals surface area (Å²) in [6, 6.07) is 0. The summed E-state index contributed by atoms with van der Waals surface area (Å²) in [4.78, 5) is 0. The quantitative estimate of drug-likeness (QED) is 0.206. The van der Waals surface area contributed by atoms with Crippen LogP contribution in [0.25, 0.3) is 0 Å². The zero-order valence-corrected chi connectivity index (χ0v) is 29.2. The molecule has 0 atom stereocenters. The summed E-state index contributed by atoms with van der Waals surface area (Å²) in [7, 11) is 5.91. The zero-order valence-electron chi connectivity index (χ0n) is 24.3. The molecule has 33 heavy (non-hydrogen) atoms. The Morgan fingerprint density at radius 3 is 1.45 bits per heavy atom. The SMILES string of the molecule is CC(C)(C)P(CCNCCP(C(C)(C)C)C(C)(C)C)C(C)(C)C.[Cl][Ir]/[C]1=C/CCCCCC1. The van der Waals surface area contributed by atoms with Crippen LogP contribution in [0.5, 0.6) is 0 Å². The molecule has 0 saturated carbocycles. The Morgan fingerprint density at radius 2 is 1.09 bits per heavy atom. The van der Waals surface area contributed by atoms with Gasteiger partial charge in [0.25, 0.3) is 0 Å². The Balaban J connectivity index is 0.000000843. The van der Waals surface area contributed by atoms with Gasteiger partial charge in [0.2, 0.25) is 0 Å². The Labute approximate surface area is 224 Å².